The van der Waals surface area contributed by atoms with Crippen molar-refractivity contribution in [2.45, 2.75) is 32.1 Å². The maximum atomic E-state index is 10.3. The Kier molecular flexibility index (Phi) is 3.06. The zero-order valence-electron chi connectivity index (χ0n) is 8.61. The minimum absolute atomic E-state index is 0.349. The molecule has 0 unspecified atom stereocenters. The smallest absolute Gasteiger partial charge is 0.303 e. The van der Waals surface area contributed by atoms with Crippen LogP contribution in [0, 0.1) is 11.8 Å². The van der Waals surface area contributed by atoms with E-state index in [1.165, 1.54) is 25.8 Å². The number of rotatable bonds is 5. The molecule has 80 valence electrons. The van der Waals surface area contributed by atoms with Gasteiger partial charge in [0, 0.05) is 26.1 Å². The monoisotopic (exact) mass is 197 g/mol. The molecule has 1 N–H and O–H groups in total. The second kappa shape index (κ2) is 4.30. The highest BCUT2D eigenvalue weighted by atomic mass is 16.4. The minimum Gasteiger partial charge on any atom is -0.481 e. The van der Waals surface area contributed by atoms with Crippen LogP contribution in [0.1, 0.15) is 32.1 Å². The van der Waals surface area contributed by atoms with Crippen LogP contribution < -0.4 is 0 Å². The molecule has 1 aliphatic heterocycles. The molecule has 1 saturated heterocycles. The number of carbonyl (C=O) groups is 1. The van der Waals surface area contributed by atoms with Crippen LogP contribution in [0.3, 0.4) is 0 Å². The van der Waals surface area contributed by atoms with Gasteiger partial charge in [-0.2, -0.15) is 0 Å². The first-order valence-corrected chi connectivity index (χ1v) is 5.68. The number of nitrogens with zero attached hydrogens (tertiary/aromatic N) is 1. The van der Waals surface area contributed by atoms with Gasteiger partial charge < -0.3 is 10.0 Å². The summed E-state index contributed by atoms with van der Waals surface area (Å²) in [7, 11) is 0. The van der Waals surface area contributed by atoms with Crippen LogP contribution in [-0.4, -0.2) is 35.6 Å². The van der Waals surface area contributed by atoms with Crippen LogP contribution in [0.15, 0.2) is 0 Å². The van der Waals surface area contributed by atoms with Crippen molar-refractivity contribution in [1.82, 2.24) is 4.90 Å². The lowest BCUT2D eigenvalue weighted by molar-refractivity contribution is -0.137. The summed E-state index contributed by atoms with van der Waals surface area (Å²) in [5, 5.41) is 8.53. The number of hydrogen-bond donors (Lipinski definition) is 1. The van der Waals surface area contributed by atoms with Gasteiger partial charge in [-0.1, -0.05) is 6.42 Å². The van der Waals surface area contributed by atoms with Gasteiger partial charge in [-0.05, 0) is 31.1 Å². The maximum Gasteiger partial charge on any atom is 0.303 e. The zero-order chi connectivity index (χ0) is 9.97. The molecule has 1 heterocycles. The average molecular weight is 197 g/mol. The van der Waals surface area contributed by atoms with Crippen molar-refractivity contribution in [3.05, 3.63) is 0 Å². The van der Waals surface area contributed by atoms with Gasteiger partial charge in [0.2, 0.25) is 0 Å². The molecule has 2 rings (SSSR count). The van der Waals surface area contributed by atoms with Crippen LogP contribution in [0.4, 0.5) is 0 Å². The van der Waals surface area contributed by atoms with Crippen molar-refractivity contribution in [3.63, 3.8) is 0 Å². The lowest BCUT2D eigenvalue weighted by Crippen LogP contribution is -2.49. The maximum absolute atomic E-state index is 10.3. The first-order valence-electron chi connectivity index (χ1n) is 5.68. The molecule has 1 saturated carbocycles. The molecule has 0 aromatic rings. The van der Waals surface area contributed by atoms with E-state index < -0.39 is 5.97 Å². The number of carboxylic acids is 1. The molecule has 0 amide bonds. The molecule has 2 aliphatic rings. The van der Waals surface area contributed by atoms with E-state index in [0.29, 0.717) is 12.3 Å². The van der Waals surface area contributed by atoms with Crippen LogP contribution in [0.2, 0.25) is 0 Å². The first kappa shape index (κ1) is 9.97. The van der Waals surface area contributed by atoms with Crippen molar-refractivity contribution in [1.29, 1.82) is 0 Å². The minimum atomic E-state index is -0.651. The summed E-state index contributed by atoms with van der Waals surface area (Å²) in [6.45, 7) is 3.55. The second-order valence-corrected chi connectivity index (χ2v) is 4.81. The van der Waals surface area contributed by atoms with Gasteiger partial charge in [0.05, 0.1) is 0 Å². The van der Waals surface area contributed by atoms with Crippen molar-refractivity contribution < 1.29 is 9.90 Å². The number of likely N-dealkylation sites (tertiary alicyclic amines) is 1. The summed E-state index contributed by atoms with van der Waals surface area (Å²) in [5.74, 6) is 0.962. The standard InChI is InChI=1S/C11H19NO2/c13-11(14)5-4-10-7-12(8-10)6-9-2-1-3-9/h9-10H,1-8H2,(H,13,14). The largest absolute Gasteiger partial charge is 0.481 e. The molecule has 0 spiro atoms. The van der Waals surface area contributed by atoms with Gasteiger partial charge in [-0.15, -0.1) is 0 Å². The Morgan fingerprint density at radius 1 is 1.29 bits per heavy atom. The second-order valence-electron chi connectivity index (χ2n) is 4.81. The molecular formula is C11H19NO2. The van der Waals surface area contributed by atoms with Gasteiger partial charge in [0.1, 0.15) is 0 Å². The fraction of sp³-hybridized carbons (Fsp3) is 0.909. The Morgan fingerprint density at radius 3 is 2.50 bits per heavy atom. The summed E-state index contributed by atoms with van der Waals surface area (Å²) < 4.78 is 0. The molecule has 3 heteroatoms. The van der Waals surface area contributed by atoms with Gasteiger partial charge in [-0.3, -0.25) is 4.79 Å². The van der Waals surface area contributed by atoms with Crippen molar-refractivity contribution >= 4 is 5.97 Å². The molecule has 2 fully saturated rings. The van der Waals surface area contributed by atoms with Crippen LogP contribution in [0.5, 0.6) is 0 Å². The third-order valence-corrected chi connectivity index (χ3v) is 3.54. The van der Waals surface area contributed by atoms with Crippen LogP contribution in [0.25, 0.3) is 0 Å². The lowest BCUT2D eigenvalue weighted by atomic mass is 9.83. The highest BCUT2D eigenvalue weighted by molar-refractivity contribution is 5.66. The number of carboxylic acid groups (broad SMARTS) is 1. The van der Waals surface area contributed by atoms with Gasteiger partial charge in [0.25, 0.3) is 0 Å². The Hall–Kier alpha value is -0.570. The molecule has 1 aliphatic carbocycles. The Balaban J connectivity index is 1.53. The molecular weight excluding hydrogens is 178 g/mol. The summed E-state index contributed by atoms with van der Waals surface area (Å²) in [6.07, 6.45) is 5.46. The summed E-state index contributed by atoms with van der Waals surface area (Å²) in [4.78, 5) is 12.8. The van der Waals surface area contributed by atoms with Crippen molar-refractivity contribution in [2.75, 3.05) is 19.6 Å². The van der Waals surface area contributed by atoms with Gasteiger partial charge >= 0.3 is 5.97 Å². The van der Waals surface area contributed by atoms with E-state index in [-0.39, 0.29) is 0 Å². The fourth-order valence-corrected chi connectivity index (χ4v) is 2.38. The topological polar surface area (TPSA) is 40.5 Å². The van der Waals surface area contributed by atoms with E-state index in [4.69, 9.17) is 5.11 Å². The molecule has 0 atom stereocenters. The third kappa shape index (κ3) is 2.47. The van der Waals surface area contributed by atoms with E-state index in [9.17, 15) is 4.79 Å². The summed E-state index contributed by atoms with van der Waals surface area (Å²) >= 11 is 0. The van der Waals surface area contributed by atoms with Crippen LogP contribution in [-0.2, 0) is 4.79 Å². The lowest BCUT2D eigenvalue weighted by Gasteiger charge is -2.43. The predicted octanol–water partition coefficient (Wildman–Crippen LogP) is 1.58. The fourth-order valence-electron chi connectivity index (χ4n) is 2.38. The highest BCUT2D eigenvalue weighted by Crippen LogP contribution is 2.30. The molecule has 0 bridgehead atoms. The number of hydrogen-bond acceptors (Lipinski definition) is 2. The quantitative estimate of drug-likeness (QED) is 0.727. The summed E-state index contributed by atoms with van der Waals surface area (Å²) in [5.41, 5.74) is 0. The molecule has 0 radical (unpaired) electrons. The average Bonchev–Trinajstić information content (AvgIpc) is 1.96. The third-order valence-electron chi connectivity index (χ3n) is 3.54. The first-order chi connectivity index (χ1) is 6.74. The van der Waals surface area contributed by atoms with Crippen LogP contribution >= 0.6 is 0 Å². The van der Waals surface area contributed by atoms with E-state index >= 15 is 0 Å². The van der Waals surface area contributed by atoms with E-state index in [2.05, 4.69) is 4.90 Å². The molecule has 0 aromatic carbocycles. The van der Waals surface area contributed by atoms with Gasteiger partial charge in [-0.25, -0.2) is 0 Å². The van der Waals surface area contributed by atoms with Crippen molar-refractivity contribution in [3.8, 4) is 0 Å². The highest BCUT2D eigenvalue weighted by Gasteiger charge is 2.30. The number of aliphatic carboxylic acids is 1. The van der Waals surface area contributed by atoms with E-state index in [1.54, 1.807) is 0 Å². The Labute approximate surface area is 85.1 Å². The predicted molar refractivity (Wildman–Crippen MR) is 54.1 cm³/mol. The van der Waals surface area contributed by atoms with Crippen molar-refractivity contribution in [2.24, 2.45) is 11.8 Å². The SMILES string of the molecule is O=C(O)CCC1CN(CC2CCC2)C1. The van der Waals surface area contributed by atoms with E-state index in [1.807, 2.05) is 0 Å². The molecule has 3 nitrogen and oxygen atoms in total. The molecule has 0 aromatic heterocycles. The zero-order valence-corrected chi connectivity index (χ0v) is 8.61. The molecule has 14 heavy (non-hydrogen) atoms. The normalized spacial score (nSPS) is 24.3. The summed E-state index contributed by atoms with van der Waals surface area (Å²) in [6, 6.07) is 0. The van der Waals surface area contributed by atoms with E-state index in [0.717, 1.165) is 25.4 Å². The Bertz CT molecular complexity index is 207. The van der Waals surface area contributed by atoms with Gasteiger partial charge in [0.15, 0.2) is 0 Å². The Morgan fingerprint density at radius 2 is 2.00 bits per heavy atom.